The summed E-state index contributed by atoms with van der Waals surface area (Å²) in [7, 11) is 0. The SMILES string of the molecule is CCOc1cc(C(=O)NC(C)C)ncn1. The van der Waals surface area contributed by atoms with Crippen LogP contribution < -0.4 is 10.1 Å². The van der Waals surface area contributed by atoms with E-state index < -0.39 is 0 Å². The quantitative estimate of drug-likeness (QED) is 0.803. The number of hydrogen-bond donors (Lipinski definition) is 1. The lowest BCUT2D eigenvalue weighted by Gasteiger charge is -2.08. The molecule has 82 valence electrons. The Bertz CT molecular complexity index is 339. The van der Waals surface area contributed by atoms with Crippen LogP contribution in [0.25, 0.3) is 0 Å². The van der Waals surface area contributed by atoms with Crippen molar-refractivity contribution in [1.29, 1.82) is 0 Å². The number of aromatic nitrogens is 2. The molecule has 0 aliphatic heterocycles. The first-order chi connectivity index (χ1) is 7.13. The number of carbonyl (C=O) groups excluding carboxylic acids is 1. The number of rotatable bonds is 4. The topological polar surface area (TPSA) is 64.1 Å². The Morgan fingerprint density at radius 1 is 1.53 bits per heavy atom. The van der Waals surface area contributed by atoms with E-state index in [9.17, 15) is 4.79 Å². The molecule has 0 saturated carbocycles. The van der Waals surface area contributed by atoms with Gasteiger partial charge in [0.05, 0.1) is 6.61 Å². The van der Waals surface area contributed by atoms with E-state index in [1.165, 1.54) is 12.4 Å². The molecule has 5 heteroatoms. The van der Waals surface area contributed by atoms with Gasteiger partial charge in [-0.1, -0.05) is 0 Å². The van der Waals surface area contributed by atoms with E-state index in [0.29, 0.717) is 18.2 Å². The number of nitrogens with zero attached hydrogens (tertiary/aromatic N) is 2. The molecule has 15 heavy (non-hydrogen) atoms. The van der Waals surface area contributed by atoms with Crippen molar-refractivity contribution in [1.82, 2.24) is 15.3 Å². The predicted octanol–water partition coefficient (Wildman–Crippen LogP) is 1.01. The highest BCUT2D eigenvalue weighted by atomic mass is 16.5. The zero-order chi connectivity index (χ0) is 11.3. The largest absolute Gasteiger partial charge is 0.478 e. The van der Waals surface area contributed by atoms with Crippen LogP contribution >= 0.6 is 0 Å². The number of ether oxygens (including phenoxy) is 1. The molecular weight excluding hydrogens is 194 g/mol. The van der Waals surface area contributed by atoms with Gasteiger partial charge < -0.3 is 10.1 Å². The van der Waals surface area contributed by atoms with E-state index in [4.69, 9.17) is 4.74 Å². The number of hydrogen-bond acceptors (Lipinski definition) is 4. The van der Waals surface area contributed by atoms with Crippen LogP contribution in [0.1, 0.15) is 31.3 Å². The van der Waals surface area contributed by atoms with Crippen molar-refractivity contribution in [3.63, 3.8) is 0 Å². The Morgan fingerprint density at radius 3 is 2.87 bits per heavy atom. The Kier molecular flexibility index (Phi) is 4.03. The molecule has 0 aromatic carbocycles. The second-order valence-corrected chi connectivity index (χ2v) is 3.30. The van der Waals surface area contributed by atoms with Crippen LogP contribution in [0, 0.1) is 0 Å². The predicted molar refractivity (Wildman–Crippen MR) is 55.8 cm³/mol. The minimum Gasteiger partial charge on any atom is -0.478 e. The van der Waals surface area contributed by atoms with E-state index in [0.717, 1.165) is 0 Å². The highest BCUT2D eigenvalue weighted by molar-refractivity contribution is 5.92. The van der Waals surface area contributed by atoms with Gasteiger partial charge in [-0.3, -0.25) is 4.79 Å². The summed E-state index contributed by atoms with van der Waals surface area (Å²) in [5.41, 5.74) is 0.321. The summed E-state index contributed by atoms with van der Waals surface area (Å²) >= 11 is 0. The van der Waals surface area contributed by atoms with E-state index in [1.54, 1.807) is 0 Å². The van der Waals surface area contributed by atoms with Crippen molar-refractivity contribution in [2.24, 2.45) is 0 Å². The summed E-state index contributed by atoms with van der Waals surface area (Å²) < 4.78 is 5.17. The fraction of sp³-hybridized carbons (Fsp3) is 0.500. The number of nitrogens with one attached hydrogen (secondary N) is 1. The molecule has 0 unspecified atom stereocenters. The van der Waals surface area contributed by atoms with Gasteiger partial charge in [0, 0.05) is 12.1 Å². The second kappa shape index (κ2) is 5.29. The van der Waals surface area contributed by atoms with Crippen LogP contribution in [0.4, 0.5) is 0 Å². The Labute approximate surface area is 88.9 Å². The molecule has 0 aliphatic rings. The van der Waals surface area contributed by atoms with Crippen molar-refractivity contribution in [2.75, 3.05) is 6.61 Å². The minimum atomic E-state index is -0.214. The molecule has 1 rings (SSSR count). The van der Waals surface area contributed by atoms with Gasteiger partial charge in [-0.25, -0.2) is 9.97 Å². The summed E-state index contributed by atoms with van der Waals surface area (Å²) in [5.74, 6) is 0.203. The van der Waals surface area contributed by atoms with Gasteiger partial charge in [0.1, 0.15) is 12.0 Å². The molecule has 1 heterocycles. The van der Waals surface area contributed by atoms with Crippen LogP contribution in [0.2, 0.25) is 0 Å². The van der Waals surface area contributed by atoms with Crippen LogP contribution in [0.15, 0.2) is 12.4 Å². The molecule has 0 saturated heterocycles. The first-order valence-electron chi connectivity index (χ1n) is 4.89. The van der Waals surface area contributed by atoms with Gasteiger partial charge in [-0.15, -0.1) is 0 Å². The van der Waals surface area contributed by atoms with Crippen molar-refractivity contribution >= 4 is 5.91 Å². The summed E-state index contributed by atoms with van der Waals surface area (Å²) in [6, 6.07) is 1.62. The molecule has 1 aromatic rings. The number of amides is 1. The Morgan fingerprint density at radius 2 is 2.27 bits per heavy atom. The highest BCUT2D eigenvalue weighted by Gasteiger charge is 2.09. The Balaban J connectivity index is 2.76. The Hall–Kier alpha value is -1.65. The van der Waals surface area contributed by atoms with Crippen LogP contribution in [-0.2, 0) is 0 Å². The molecule has 0 radical (unpaired) electrons. The number of carbonyl (C=O) groups is 1. The third-order valence-electron chi connectivity index (χ3n) is 1.59. The molecule has 1 amide bonds. The summed E-state index contributed by atoms with van der Waals surface area (Å²) in [6.45, 7) is 6.16. The zero-order valence-electron chi connectivity index (χ0n) is 9.15. The van der Waals surface area contributed by atoms with E-state index in [1.807, 2.05) is 20.8 Å². The molecule has 5 nitrogen and oxygen atoms in total. The van der Waals surface area contributed by atoms with Gasteiger partial charge in [-0.2, -0.15) is 0 Å². The first kappa shape index (κ1) is 11.4. The lowest BCUT2D eigenvalue weighted by Crippen LogP contribution is -2.30. The fourth-order valence-corrected chi connectivity index (χ4v) is 1.03. The maximum atomic E-state index is 11.6. The molecular formula is C10H15N3O2. The monoisotopic (exact) mass is 209 g/mol. The van der Waals surface area contributed by atoms with Crippen molar-refractivity contribution < 1.29 is 9.53 Å². The summed E-state index contributed by atoms with van der Waals surface area (Å²) in [5, 5.41) is 2.74. The normalized spacial score (nSPS) is 10.1. The van der Waals surface area contributed by atoms with E-state index >= 15 is 0 Å². The lowest BCUT2D eigenvalue weighted by molar-refractivity contribution is 0.0937. The standard InChI is InChI=1S/C10H15N3O2/c1-4-15-9-5-8(11-6-12-9)10(14)13-7(2)3/h5-7H,4H2,1-3H3,(H,13,14). The average molecular weight is 209 g/mol. The van der Waals surface area contributed by atoms with E-state index in [2.05, 4.69) is 15.3 Å². The third kappa shape index (κ3) is 3.53. The van der Waals surface area contributed by atoms with Gasteiger partial charge in [0.2, 0.25) is 5.88 Å². The molecule has 1 N–H and O–H groups in total. The third-order valence-corrected chi connectivity index (χ3v) is 1.59. The molecule has 0 bridgehead atoms. The van der Waals surface area contributed by atoms with Crippen LogP contribution in [0.5, 0.6) is 5.88 Å². The minimum absolute atomic E-state index is 0.0861. The van der Waals surface area contributed by atoms with Crippen molar-refractivity contribution in [2.45, 2.75) is 26.8 Å². The second-order valence-electron chi connectivity index (χ2n) is 3.30. The summed E-state index contributed by atoms with van der Waals surface area (Å²) in [6.07, 6.45) is 1.32. The summed E-state index contributed by atoms with van der Waals surface area (Å²) in [4.78, 5) is 19.3. The highest BCUT2D eigenvalue weighted by Crippen LogP contribution is 2.06. The molecule has 1 aromatic heterocycles. The molecule has 0 aliphatic carbocycles. The zero-order valence-corrected chi connectivity index (χ0v) is 9.15. The lowest BCUT2D eigenvalue weighted by atomic mass is 10.3. The smallest absolute Gasteiger partial charge is 0.270 e. The van der Waals surface area contributed by atoms with Crippen LogP contribution in [0.3, 0.4) is 0 Å². The van der Waals surface area contributed by atoms with Gasteiger partial charge in [0.25, 0.3) is 5.91 Å². The first-order valence-corrected chi connectivity index (χ1v) is 4.89. The van der Waals surface area contributed by atoms with Gasteiger partial charge >= 0.3 is 0 Å². The molecule has 0 spiro atoms. The van der Waals surface area contributed by atoms with Crippen molar-refractivity contribution in [3.05, 3.63) is 18.1 Å². The van der Waals surface area contributed by atoms with Crippen molar-refractivity contribution in [3.8, 4) is 5.88 Å². The average Bonchev–Trinajstić information content (AvgIpc) is 2.17. The van der Waals surface area contributed by atoms with Gasteiger partial charge in [-0.05, 0) is 20.8 Å². The maximum Gasteiger partial charge on any atom is 0.270 e. The van der Waals surface area contributed by atoms with Crippen LogP contribution in [-0.4, -0.2) is 28.5 Å². The molecule has 0 fully saturated rings. The van der Waals surface area contributed by atoms with E-state index in [-0.39, 0.29) is 11.9 Å². The van der Waals surface area contributed by atoms with Gasteiger partial charge in [0.15, 0.2) is 0 Å². The fourth-order valence-electron chi connectivity index (χ4n) is 1.03. The molecule has 0 atom stereocenters. The maximum absolute atomic E-state index is 11.6.